The quantitative estimate of drug-likeness (QED) is 0.0884. The maximum absolute atomic E-state index is 13.9. The summed E-state index contributed by atoms with van der Waals surface area (Å²) in [5.74, 6) is 0.439. The van der Waals surface area contributed by atoms with Crippen molar-refractivity contribution in [1.29, 1.82) is 0 Å². The third kappa shape index (κ3) is 16.9. The van der Waals surface area contributed by atoms with Crippen molar-refractivity contribution in [2.24, 2.45) is 29.2 Å². The predicted molar refractivity (Wildman–Crippen MR) is 295 cm³/mol. The second-order valence-corrected chi connectivity index (χ2v) is 22.7. The number of halogens is 2. The van der Waals surface area contributed by atoms with Gasteiger partial charge in [0.2, 0.25) is 11.8 Å². The van der Waals surface area contributed by atoms with Crippen LogP contribution in [0.2, 0.25) is 10.0 Å². The molecule has 0 aliphatic carbocycles. The zero-order valence-corrected chi connectivity index (χ0v) is 45.5. The summed E-state index contributed by atoms with van der Waals surface area (Å²) in [7, 11) is 0. The van der Waals surface area contributed by atoms with Crippen molar-refractivity contribution in [3.63, 3.8) is 0 Å². The Morgan fingerprint density at radius 2 is 1.05 bits per heavy atom. The Bertz CT molecular complexity index is 2340. The Kier molecular flexibility index (Phi) is 22.4. The fourth-order valence-electron chi connectivity index (χ4n) is 11.4. The number of carboxylic acid groups (broad SMARTS) is 1. The van der Waals surface area contributed by atoms with Gasteiger partial charge in [0.15, 0.2) is 5.78 Å². The second-order valence-electron chi connectivity index (χ2n) is 21.8. The van der Waals surface area contributed by atoms with Gasteiger partial charge in [0.25, 0.3) is 0 Å². The molecule has 0 aromatic heterocycles. The van der Waals surface area contributed by atoms with Crippen molar-refractivity contribution in [2.45, 2.75) is 161 Å². The minimum Gasteiger partial charge on any atom is -0.480 e. The van der Waals surface area contributed by atoms with E-state index in [0.29, 0.717) is 80.7 Å². The Balaban J connectivity index is 0.000000207. The number of aryl methyl sites for hydroxylation is 3. The van der Waals surface area contributed by atoms with Gasteiger partial charge in [-0.15, -0.1) is 0 Å². The fraction of sp³-hybridized carbons (Fsp3) is 0.533. The zero-order chi connectivity index (χ0) is 52.6. The van der Waals surface area contributed by atoms with E-state index in [4.69, 9.17) is 34.7 Å². The molecule has 0 saturated carbocycles. The molecule has 4 aliphatic rings. The third-order valence-corrected chi connectivity index (χ3v) is 15.6. The van der Waals surface area contributed by atoms with Crippen molar-refractivity contribution in [2.75, 3.05) is 26.2 Å². The molecule has 4 fully saturated rings. The summed E-state index contributed by atoms with van der Waals surface area (Å²) >= 11 is 11.6. The predicted octanol–water partition coefficient (Wildman–Crippen LogP) is 10.1. The number of nitrogens with two attached hydrogens (primary N) is 2. The summed E-state index contributed by atoms with van der Waals surface area (Å²) in [4.78, 5) is 61.1. The van der Waals surface area contributed by atoms with Crippen LogP contribution in [0.3, 0.4) is 0 Å². The molecular formula is C60H82Cl2N6O5. The average Bonchev–Trinajstić information content (AvgIpc) is 3.90. The molecule has 4 aliphatic heterocycles. The normalized spacial score (nSPS) is 23.1. The molecule has 11 nitrogen and oxygen atoms in total. The summed E-state index contributed by atoms with van der Waals surface area (Å²) < 4.78 is 0. The lowest BCUT2D eigenvalue weighted by atomic mass is 9.94. The van der Waals surface area contributed by atoms with E-state index in [1.165, 1.54) is 11.1 Å². The van der Waals surface area contributed by atoms with Gasteiger partial charge in [0.1, 0.15) is 6.04 Å². The van der Waals surface area contributed by atoms with Crippen LogP contribution in [-0.2, 0) is 45.0 Å². The van der Waals surface area contributed by atoms with Gasteiger partial charge in [-0.25, -0.2) is 4.79 Å². The molecule has 73 heavy (non-hydrogen) atoms. The van der Waals surface area contributed by atoms with Crippen LogP contribution in [0.25, 0.3) is 0 Å². The number of fused-ring (bicyclic) bond motifs is 2. The van der Waals surface area contributed by atoms with E-state index in [1.54, 1.807) is 4.90 Å². The summed E-state index contributed by atoms with van der Waals surface area (Å²) in [6.07, 6.45) is 9.50. The molecular weight excluding hydrogens is 956 g/mol. The van der Waals surface area contributed by atoms with Crippen molar-refractivity contribution in [3.05, 3.63) is 141 Å². The molecule has 0 radical (unpaired) electrons. The Hall–Kier alpha value is -4.62. The first-order valence-corrected chi connectivity index (χ1v) is 27.7. The second kappa shape index (κ2) is 28.3. The molecule has 0 spiro atoms. The van der Waals surface area contributed by atoms with Gasteiger partial charge in [0, 0.05) is 67.3 Å². The van der Waals surface area contributed by atoms with Crippen molar-refractivity contribution >= 4 is 46.8 Å². The Morgan fingerprint density at radius 1 is 0.616 bits per heavy atom. The topological polar surface area (TPSA) is 154 Å². The van der Waals surface area contributed by atoms with Crippen LogP contribution in [-0.4, -0.2) is 117 Å². The summed E-state index contributed by atoms with van der Waals surface area (Å²) in [6.45, 7) is 13.9. The van der Waals surface area contributed by atoms with Gasteiger partial charge in [-0.05, 0) is 135 Å². The number of ketones is 1. The summed E-state index contributed by atoms with van der Waals surface area (Å²) in [5.41, 5.74) is 16.6. The van der Waals surface area contributed by atoms with Crippen LogP contribution in [0.15, 0.2) is 109 Å². The molecule has 8 atom stereocenters. The molecule has 4 heterocycles. The van der Waals surface area contributed by atoms with E-state index in [9.17, 15) is 24.3 Å². The number of rotatable bonds is 18. The lowest BCUT2D eigenvalue weighted by Crippen LogP contribution is -2.51. The largest absolute Gasteiger partial charge is 0.480 e. The number of aliphatic carboxylic acids is 1. The highest BCUT2D eigenvalue weighted by Gasteiger charge is 2.47. The van der Waals surface area contributed by atoms with Crippen LogP contribution in [0.4, 0.5) is 0 Å². The highest BCUT2D eigenvalue weighted by Crippen LogP contribution is 2.34. The van der Waals surface area contributed by atoms with E-state index in [0.717, 1.165) is 74.2 Å². The number of hydrogen-bond acceptors (Lipinski definition) is 8. The highest BCUT2D eigenvalue weighted by molar-refractivity contribution is 6.30. The third-order valence-electron chi connectivity index (χ3n) is 15.1. The standard InChI is InChI=1S/C30H40ClN3O2.C23H34N2O3.C7H8ClN/c1-21(2)18-27(29(35)15-11-23-8-12-24(31)13-9-23)33-17-16-26(14-10-22-6-4-3-5-7-22)34-20-25(32)19-28(34)30(33)36;1-16(2)13-21(23(27)28)24-12-11-19(10-9-18-7-5-4-6-8-18)25-15-17(3)14-20(25)22(24)26;8-7-3-1-6(5-9)2-4-7/h3-9,12-13,21,25-28H,10-11,14-20,32H2,1-2H3;4-8,16-17,19-21H,9-15H2,1-3H3,(H,27,28);1-4H,5,9H2/t25-,26?,27-,28+;17-,19?,20+,21-;/m11./s1. The van der Waals surface area contributed by atoms with Crippen molar-refractivity contribution in [3.8, 4) is 0 Å². The minimum absolute atomic E-state index is 0.00211. The lowest BCUT2D eigenvalue weighted by molar-refractivity contribution is -0.152. The van der Waals surface area contributed by atoms with Gasteiger partial charge >= 0.3 is 5.97 Å². The van der Waals surface area contributed by atoms with Gasteiger partial charge < -0.3 is 26.4 Å². The number of nitrogens with zero attached hydrogens (tertiary/aromatic N) is 4. The lowest BCUT2D eigenvalue weighted by Gasteiger charge is -2.33. The molecule has 5 N–H and O–H groups in total. The molecule has 8 rings (SSSR count). The molecule has 4 saturated heterocycles. The number of carbonyl (C=O) groups excluding carboxylic acids is 3. The number of carboxylic acids is 1. The fourth-order valence-corrected chi connectivity index (χ4v) is 11.6. The maximum atomic E-state index is 13.9. The smallest absolute Gasteiger partial charge is 0.326 e. The molecule has 2 amide bonds. The van der Waals surface area contributed by atoms with Gasteiger partial charge in [0.05, 0.1) is 18.1 Å². The molecule has 4 aromatic carbocycles. The number of amides is 2. The SMILES string of the molecule is CC(C)C[C@H](C(=O)CCc1ccc(Cl)cc1)N1CCC(CCc2ccccc2)N2C[C@H](N)C[C@H]2C1=O.CC(C)C[C@H](C(=O)O)N1CCC(CCc2ccccc2)N2C[C@H](C)C[C@H]2C1=O.NCc1ccc(Cl)cc1. The number of Topliss-reactive ketones (excluding diaryl/α,β-unsaturated/α-hetero) is 1. The number of hydrogen-bond donors (Lipinski definition) is 3. The van der Waals surface area contributed by atoms with Crippen LogP contribution < -0.4 is 11.5 Å². The molecule has 396 valence electrons. The first kappa shape index (κ1) is 57.7. The maximum Gasteiger partial charge on any atom is 0.326 e. The van der Waals surface area contributed by atoms with E-state index < -0.39 is 12.0 Å². The van der Waals surface area contributed by atoms with Crippen LogP contribution in [0, 0.1) is 17.8 Å². The van der Waals surface area contributed by atoms with Gasteiger partial charge in [-0.1, -0.05) is 143 Å². The number of carbonyl (C=O) groups is 4. The minimum atomic E-state index is -0.873. The van der Waals surface area contributed by atoms with Crippen molar-refractivity contribution in [1.82, 2.24) is 19.6 Å². The molecule has 4 aromatic rings. The Labute approximate surface area is 445 Å². The first-order chi connectivity index (χ1) is 35.0. The van der Waals surface area contributed by atoms with E-state index >= 15 is 0 Å². The van der Waals surface area contributed by atoms with Crippen molar-refractivity contribution < 1.29 is 24.3 Å². The molecule has 2 unspecified atom stereocenters. The molecule has 13 heteroatoms. The average molecular weight is 1040 g/mol. The van der Waals surface area contributed by atoms with Crippen LogP contribution >= 0.6 is 23.2 Å². The summed E-state index contributed by atoms with van der Waals surface area (Å²) in [5, 5.41) is 11.2. The summed E-state index contributed by atoms with van der Waals surface area (Å²) in [6, 6.07) is 35.3. The highest BCUT2D eigenvalue weighted by atomic mass is 35.5. The zero-order valence-electron chi connectivity index (χ0n) is 44.0. The van der Waals surface area contributed by atoms with Crippen LogP contribution in [0.1, 0.15) is 115 Å². The van der Waals surface area contributed by atoms with Gasteiger partial charge in [-0.3, -0.25) is 24.2 Å². The Morgan fingerprint density at radius 3 is 1.53 bits per heavy atom. The van der Waals surface area contributed by atoms with E-state index in [1.807, 2.05) is 79.4 Å². The van der Waals surface area contributed by atoms with E-state index in [2.05, 4.69) is 79.1 Å². The first-order valence-electron chi connectivity index (χ1n) is 26.9. The van der Waals surface area contributed by atoms with Crippen LogP contribution in [0.5, 0.6) is 0 Å². The number of benzene rings is 4. The van der Waals surface area contributed by atoms with Gasteiger partial charge in [-0.2, -0.15) is 0 Å². The van der Waals surface area contributed by atoms with E-state index in [-0.39, 0.29) is 47.7 Å². The monoisotopic (exact) mass is 1040 g/mol. The molecule has 0 bridgehead atoms.